The van der Waals surface area contributed by atoms with E-state index < -0.39 is 0 Å². The van der Waals surface area contributed by atoms with Crippen molar-refractivity contribution in [1.82, 2.24) is 4.90 Å². The second-order valence-corrected chi connectivity index (χ2v) is 6.71. The van der Waals surface area contributed by atoms with E-state index in [1.807, 2.05) is 11.0 Å². The van der Waals surface area contributed by atoms with E-state index in [0.29, 0.717) is 13.2 Å². The van der Waals surface area contributed by atoms with Crippen LogP contribution >= 0.6 is 27.3 Å². The Bertz CT molecular complexity index is 453. The number of nitrogens with zero attached hydrogens (tertiary/aromatic N) is 1. The lowest BCUT2D eigenvalue weighted by atomic mass is 10.2. The van der Waals surface area contributed by atoms with Crippen molar-refractivity contribution >= 4 is 33.2 Å². The van der Waals surface area contributed by atoms with Crippen molar-refractivity contribution in [2.45, 2.75) is 18.4 Å². The van der Waals surface area contributed by atoms with Crippen molar-refractivity contribution in [3.8, 4) is 0 Å². The molecule has 0 bridgehead atoms. The summed E-state index contributed by atoms with van der Waals surface area (Å²) in [5.41, 5.74) is 0.923. The molecule has 2 heterocycles. The quantitative estimate of drug-likeness (QED) is 0.859. The number of hydrogen-bond acceptors (Lipinski definition) is 3. The number of rotatable bonds is 3. The van der Waals surface area contributed by atoms with Gasteiger partial charge in [-0.2, -0.15) is 0 Å². The summed E-state index contributed by atoms with van der Waals surface area (Å²) in [4.78, 5) is 15.5. The van der Waals surface area contributed by atoms with Gasteiger partial charge in [-0.15, -0.1) is 11.3 Å². The molecule has 1 spiro atoms. The number of carbonyl (C=O) groups excluding carboxylic acids is 1. The predicted octanol–water partition coefficient (Wildman–Crippen LogP) is 2.60. The predicted molar refractivity (Wildman–Crippen MR) is 65.8 cm³/mol. The first kappa shape index (κ1) is 10.7. The molecular formula is C11H12BrNO2S. The minimum atomic E-state index is 0.0294. The van der Waals surface area contributed by atoms with Gasteiger partial charge in [-0.25, -0.2) is 0 Å². The first-order chi connectivity index (χ1) is 7.69. The molecule has 0 atom stereocenters. The van der Waals surface area contributed by atoms with E-state index >= 15 is 0 Å². The molecule has 0 saturated heterocycles. The number of ether oxygens (including phenoxy) is 1. The highest BCUT2D eigenvalue weighted by Crippen LogP contribution is 2.59. The van der Waals surface area contributed by atoms with Crippen LogP contribution in [0.1, 0.15) is 28.1 Å². The van der Waals surface area contributed by atoms with Gasteiger partial charge in [-0.05, 0) is 34.8 Å². The zero-order valence-corrected chi connectivity index (χ0v) is 11.4. The maximum absolute atomic E-state index is 12.2. The van der Waals surface area contributed by atoms with Crippen LogP contribution in [0.25, 0.3) is 0 Å². The normalized spacial score (nSPS) is 20.6. The standard InChI is InChI=1S/C11H12BrNO2S/c1-15-5-4-13-10(14)7-6-8(12)16-9(7)11(13)2-3-11/h6H,2-5H2,1H3. The third kappa shape index (κ3) is 1.31. The molecule has 0 unspecified atom stereocenters. The molecular weight excluding hydrogens is 290 g/mol. The number of halogens is 1. The Morgan fingerprint density at radius 1 is 1.62 bits per heavy atom. The molecule has 1 saturated carbocycles. The molecule has 3 nitrogen and oxygen atoms in total. The monoisotopic (exact) mass is 301 g/mol. The lowest BCUT2D eigenvalue weighted by molar-refractivity contribution is 0.0623. The summed E-state index contributed by atoms with van der Waals surface area (Å²) in [6.07, 6.45) is 2.20. The molecule has 1 aromatic rings. The maximum Gasteiger partial charge on any atom is 0.255 e. The zero-order valence-electron chi connectivity index (χ0n) is 8.96. The van der Waals surface area contributed by atoms with E-state index in [9.17, 15) is 4.79 Å². The Balaban J connectivity index is 1.96. The topological polar surface area (TPSA) is 29.5 Å². The first-order valence-corrected chi connectivity index (χ1v) is 6.91. The summed E-state index contributed by atoms with van der Waals surface area (Å²) in [6, 6.07) is 1.95. The minimum Gasteiger partial charge on any atom is -0.383 e. The molecule has 2 aliphatic rings. The van der Waals surface area contributed by atoms with Gasteiger partial charge >= 0.3 is 0 Å². The summed E-state index contributed by atoms with van der Waals surface area (Å²) in [6.45, 7) is 1.32. The second kappa shape index (κ2) is 3.55. The highest BCUT2D eigenvalue weighted by atomic mass is 79.9. The molecule has 1 aliphatic heterocycles. The molecule has 1 aromatic heterocycles. The van der Waals surface area contributed by atoms with Gasteiger partial charge in [0.2, 0.25) is 0 Å². The summed E-state index contributed by atoms with van der Waals surface area (Å²) >= 11 is 5.16. The van der Waals surface area contributed by atoms with Gasteiger partial charge in [0.15, 0.2) is 0 Å². The smallest absolute Gasteiger partial charge is 0.255 e. The van der Waals surface area contributed by atoms with Crippen LogP contribution in [0.15, 0.2) is 9.85 Å². The highest BCUT2D eigenvalue weighted by molar-refractivity contribution is 9.11. The number of methoxy groups -OCH3 is 1. The molecule has 86 valence electrons. The SMILES string of the molecule is COCCN1C(=O)c2cc(Br)sc2C12CC2. The molecule has 0 aromatic carbocycles. The van der Waals surface area contributed by atoms with Crippen LogP contribution in [0, 0.1) is 0 Å². The number of hydrogen-bond donors (Lipinski definition) is 0. The fourth-order valence-corrected chi connectivity index (χ4v) is 4.29. The maximum atomic E-state index is 12.2. The Labute approximate surface area is 107 Å². The number of thiophene rings is 1. The molecule has 0 N–H and O–H groups in total. The Hall–Kier alpha value is -0.390. The lowest BCUT2D eigenvalue weighted by Crippen LogP contribution is -2.36. The average Bonchev–Trinajstić information content (AvgIpc) is 2.91. The van der Waals surface area contributed by atoms with Crippen molar-refractivity contribution in [1.29, 1.82) is 0 Å². The number of amides is 1. The minimum absolute atomic E-state index is 0.0294. The van der Waals surface area contributed by atoms with Crippen LogP contribution in [0.2, 0.25) is 0 Å². The van der Waals surface area contributed by atoms with Crippen LogP contribution in [-0.2, 0) is 10.3 Å². The van der Waals surface area contributed by atoms with E-state index in [2.05, 4.69) is 15.9 Å². The largest absolute Gasteiger partial charge is 0.383 e. The van der Waals surface area contributed by atoms with E-state index in [1.54, 1.807) is 18.4 Å². The van der Waals surface area contributed by atoms with E-state index in [4.69, 9.17) is 4.74 Å². The molecule has 16 heavy (non-hydrogen) atoms. The van der Waals surface area contributed by atoms with Gasteiger partial charge in [0.25, 0.3) is 5.91 Å². The van der Waals surface area contributed by atoms with Gasteiger partial charge < -0.3 is 9.64 Å². The van der Waals surface area contributed by atoms with Crippen molar-refractivity contribution in [2.24, 2.45) is 0 Å². The molecule has 1 amide bonds. The van der Waals surface area contributed by atoms with E-state index in [1.165, 1.54) is 4.88 Å². The third-order valence-corrected chi connectivity index (χ3v) is 5.19. The summed E-state index contributed by atoms with van der Waals surface area (Å²) in [7, 11) is 1.67. The Kier molecular flexibility index (Phi) is 2.38. The summed E-state index contributed by atoms with van der Waals surface area (Å²) in [5, 5.41) is 0. The lowest BCUT2D eigenvalue weighted by Gasteiger charge is -2.24. The second-order valence-electron chi connectivity index (χ2n) is 4.27. The molecule has 1 fully saturated rings. The Morgan fingerprint density at radius 2 is 2.38 bits per heavy atom. The molecule has 5 heteroatoms. The van der Waals surface area contributed by atoms with Gasteiger partial charge in [-0.3, -0.25) is 4.79 Å². The average molecular weight is 302 g/mol. The van der Waals surface area contributed by atoms with Crippen LogP contribution in [0.3, 0.4) is 0 Å². The fourth-order valence-electron chi connectivity index (χ4n) is 2.44. The van der Waals surface area contributed by atoms with Gasteiger partial charge in [0.1, 0.15) is 0 Å². The van der Waals surface area contributed by atoms with E-state index in [-0.39, 0.29) is 11.4 Å². The number of carbonyl (C=O) groups is 1. The van der Waals surface area contributed by atoms with Gasteiger partial charge in [-0.1, -0.05) is 0 Å². The van der Waals surface area contributed by atoms with Crippen molar-refractivity contribution < 1.29 is 9.53 Å². The van der Waals surface area contributed by atoms with Crippen LogP contribution < -0.4 is 0 Å². The zero-order chi connectivity index (χ0) is 11.3. The molecule has 1 aliphatic carbocycles. The Morgan fingerprint density at radius 3 is 3.00 bits per heavy atom. The van der Waals surface area contributed by atoms with Gasteiger partial charge in [0, 0.05) is 18.5 Å². The first-order valence-electron chi connectivity index (χ1n) is 5.30. The third-order valence-electron chi connectivity index (χ3n) is 3.36. The van der Waals surface area contributed by atoms with Crippen LogP contribution in [0.4, 0.5) is 0 Å². The molecule has 0 radical (unpaired) electrons. The summed E-state index contributed by atoms with van der Waals surface area (Å²) in [5.74, 6) is 0.173. The van der Waals surface area contributed by atoms with Crippen LogP contribution in [0.5, 0.6) is 0 Å². The van der Waals surface area contributed by atoms with Gasteiger partial charge in [0.05, 0.1) is 21.5 Å². The van der Waals surface area contributed by atoms with Crippen LogP contribution in [-0.4, -0.2) is 31.1 Å². The van der Waals surface area contributed by atoms with E-state index in [0.717, 1.165) is 22.2 Å². The fraction of sp³-hybridized carbons (Fsp3) is 0.545. The number of fused-ring (bicyclic) bond motifs is 2. The van der Waals surface area contributed by atoms with Crippen molar-refractivity contribution in [2.75, 3.05) is 20.3 Å². The summed E-state index contributed by atoms with van der Waals surface area (Å²) < 4.78 is 6.13. The molecule has 3 rings (SSSR count). The highest BCUT2D eigenvalue weighted by Gasteiger charge is 2.58. The van der Waals surface area contributed by atoms with Crippen molar-refractivity contribution in [3.63, 3.8) is 0 Å². The van der Waals surface area contributed by atoms with Crippen molar-refractivity contribution in [3.05, 3.63) is 20.3 Å².